The van der Waals surface area contributed by atoms with Gasteiger partial charge < -0.3 is 10.3 Å². The maximum atomic E-state index is 5.59. The molecule has 0 aliphatic rings. The van der Waals surface area contributed by atoms with Crippen molar-refractivity contribution in [2.75, 3.05) is 5.73 Å². The lowest BCUT2D eigenvalue weighted by Crippen LogP contribution is -2.05. The molecule has 2 rings (SSSR count). The number of rotatable bonds is 2. The molecule has 0 saturated carbocycles. The lowest BCUT2D eigenvalue weighted by molar-refractivity contribution is 0.409. The van der Waals surface area contributed by atoms with E-state index in [1.165, 1.54) is 6.33 Å². The Morgan fingerprint density at radius 3 is 2.68 bits per heavy atom. The van der Waals surface area contributed by atoms with E-state index in [0.29, 0.717) is 23.2 Å². The quantitative estimate of drug-likeness (QED) is 0.891. The highest BCUT2D eigenvalue weighted by atomic mass is 16.5. The topological polar surface area (TPSA) is 90.7 Å². The van der Waals surface area contributed by atoms with Gasteiger partial charge in [-0.2, -0.15) is 4.98 Å². The summed E-state index contributed by atoms with van der Waals surface area (Å²) in [5, 5.41) is 3.89. The highest BCUT2D eigenvalue weighted by Gasteiger charge is 2.15. The van der Waals surface area contributed by atoms with Gasteiger partial charge in [-0.15, -0.1) is 0 Å². The lowest BCUT2D eigenvalue weighted by Gasteiger charge is -2.18. The Morgan fingerprint density at radius 1 is 1.32 bits per heavy atom. The predicted octanol–water partition coefficient (Wildman–Crippen LogP) is 2.56. The van der Waals surface area contributed by atoms with Crippen LogP contribution in [0.4, 0.5) is 5.82 Å². The van der Waals surface area contributed by atoms with Gasteiger partial charge in [0.25, 0.3) is 5.89 Å². The van der Waals surface area contributed by atoms with Gasteiger partial charge in [-0.3, -0.25) is 0 Å². The van der Waals surface area contributed by atoms with Crippen LogP contribution in [-0.2, 0) is 0 Å². The van der Waals surface area contributed by atoms with E-state index >= 15 is 0 Å². The van der Waals surface area contributed by atoms with Crippen LogP contribution in [0.2, 0.25) is 0 Å². The number of nitrogens with zero attached hydrogens (tertiary/aromatic N) is 4. The van der Waals surface area contributed by atoms with Crippen LogP contribution >= 0.6 is 0 Å². The molecular weight excluding hydrogens is 242 g/mol. The first-order valence-electron chi connectivity index (χ1n) is 5.96. The van der Waals surface area contributed by atoms with E-state index in [1.807, 2.05) is 13.0 Å². The molecule has 2 heterocycles. The van der Waals surface area contributed by atoms with E-state index in [-0.39, 0.29) is 5.41 Å². The van der Waals surface area contributed by atoms with E-state index in [1.54, 1.807) is 6.07 Å². The average molecular weight is 259 g/mol. The number of hydrogen-bond acceptors (Lipinski definition) is 6. The summed E-state index contributed by atoms with van der Waals surface area (Å²) in [4.78, 5) is 12.2. The van der Waals surface area contributed by atoms with Gasteiger partial charge in [0.15, 0.2) is 0 Å². The smallest absolute Gasteiger partial charge is 0.250 e. The van der Waals surface area contributed by atoms with Gasteiger partial charge in [-0.05, 0) is 12.3 Å². The molecule has 0 atom stereocenters. The van der Waals surface area contributed by atoms with E-state index in [0.717, 1.165) is 5.57 Å². The van der Waals surface area contributed by atoms with Gasteiger partial charge in [-0.25, -0.2) is 9.97 Å². The predicted molar refractivity (Wildman–Crippen MR) is 72.8 cm³/mol. The highest BCUT2D eigenvalue weighted by molar-refractivity contribution is 5.54. The summed E-state index contributed by atoms with van der Waals surface area (Å²) in [6.07, 6.45) is 3.25. The maximum absolute atomic E-state index is 5.59. The minimum Gasteiger partial charge on any atom is -0.384 e. The molecule has 100 valence electrons. The number of allylic oxidation sites excluding steroid dienone is 1. The number of hydrogen-bond donors (Lipinski definition) is 1. The molecule has 0 spiro atoms. The zero-order valence-corrected chi connectivity index (χ0v) is 11.5. The monoisotopic (exact) mass is 259 g/mol. The van der Waals surface area contributed by atoms with Crippen LogP contribution in [0, 0.1) is 5.41 Å². The highest BCUT2D eigenvalue weighted by Crippen LogP contribution is 2.26. The Kier molecular flexibility index (Phi) is 3.33. The van der Waals surface area contributed by atoms with Gasteiger partial charge in [0.1, 0.15) is 17.8 Å². The van der Waals surface area contributed by atoms with Crippen molar-refractivity contribution in [3.05, 3.63) is 23.9 Å². The van der Waals surface area contributed by atoms with Gasteiger partial charge in [0, 0.05) is 12.1 Å². The third-order valence-electron chi connectivity index (χ3n) is 2.88. The van der Waals surface area contributed by atoms with Crippen molar-refractivity contribution in [3.8, 4) is 11.5 Å². The Balaban J connectivity index is 2.30. The second kappa shape index (κ2) is 4.79. The molecular formula is C13H17N5O. The molecule has 2 aromatic rings. The summed E-state index contributed by atoms with van der Waals surface area (Å²) >= 11 is 0. The Morgan fingerprint density at radius 2 is 2.05 bits per heavy atom. The molecule has 0 fully saturated rings. The van der Waals surface area contributed by atoms with Crippen molar-refractivity contribution in [1.82, 2.24) is 20.1 Å². The molecule has 0 bridgehead atoms. The molecule has 2 aromatic heterocycles. The van der Waals surface area contributed by atoms with Crippen molar-refractivity contribution in [1.29, 1.82) is 0 Å². The molecule has 0 radical (unpaired) electrons. The number of aromatic nitrogens is 4. The molecule has 6 heteroatoms. The summed E-state index contributed by atoms with van der Waals surface area (Å²) in [5.74, 6) is 1.24. The summed E-state index contributed by atoms with van der Waals surface area (Å²) in [5.41, 5.74) is 7.36. The Hall–Kier alpha value is -2.24. The first kappa shape index (κ1) is 13.2. The summed E-state index contributed by atoms with van der Waals surface area (Å²) < 4.78 is 5.19. The molecule has 0 unspecified atom stereocenters. The standard InChI is InChI=1S/C13H17N5O/c1-8(13(2,3)4)5-11-17-12(18-19-11)9-6-10(14)16-7-15-9/h5-7H,1-4H3,(H2,14,15,16)/b8-5+. The minimum atomic E-state index is 0.0635. The van der Waals surface area contributed by atoms with Gasteiger partial charge >= 0.3 is 0 Å². The van der Waals surface area contributed by atoms with Crippen molar-refractivity contribution in [2.24, 2.45) is 5.41 Å². The fraction of sp³-hybridized carbons (Fsp3) is 0.385. The van der Waals surface area contributed by atoms with Gasteiger partial charge in [-0.1, -0.05) is 31.5 Å². The van der Waals surface area contributed by atoms with Crippen LogP contribution in [0.3, 0.4) is 0 Å². The van der Waals surface area contributed by atoms with E-state index < -0.39 is 0 Å². The zero-order chi connectivity index (χ0) is 14.0. The fourth-order valence-corrected chi connectivity index (χ4v) is 1.29. The lowest BCUT2D eigenvalue weighted by atomic mass is 9.87. The number of anilines is 1. The fourth-order valence-electron chi connectivity index (χ4n) is 1.29. The first-order valence-corrected chi connectivity index (χ1v) is 5.96. The normalized spacial score (nSPS) is 12.7. The third kappa shape index (κ3) is 3.15. The van der Waals surface area contributed by atoms with Crippen LogP contribution in [-0.4, -0.2) is 20.1 Å². The molecule has 19 heavy (non-hydrogen) atoms. The average Bonchev–Trinajstić information content (AvgIpc) is 2.76. The Labute approximate surface area is 111 Å². The summed E-state index contributed by atoms with van der Waals surface area (Å²) in [6.45, 7) is 8.41. The molecule has 0 aromatic carbocycles. The molecule has 0 saturated heterocycles. The van der Waals surface area contributed by atoms with Crippen molar-refractivity contribution < 1.29 is 4.52 Å². The Bertz CT molecular complexity index is 609. The van der Waals surface area contributed by atoms with Crippen molar-refractivity contribution in [3.63, 3.8) is 0 Å². The first-order chi connectivity index (χ1) is 8.86. The SMILES string of the molecule is C/C(=C\c1nc(-c2cc(N)ncn2)no1)C(C)(C)C. The molecule has 0 aliphatic heterocycles. The summed E-state index contributed by atoms with van der Waals surface area (Å²) in [6, 6.07) is 1.61. The molecule has 0 aliphatic carbocycles. The van der Waals surface area contributed by atoms with E-state index in [2.05, 4.69) is 40.9 Å². The van der Waals surface area contributed by atoms with Gasteiger partial charge in [0.05, 0.1) is 0 Å². The molecule has 2 N–H and O–H groups in total. The van der Waals surface area contributed by atoms with E-state index in [9.17, 15) is 0 Å². The van der Waals surface area contributed by atoms with Crippen LogP contribution in [0.1, 0.15) is 33.6 Å². The maximum Gasteiger partial charge on any atom is 0.250 e. The number of nitrogens with two attached hydrogens (primary N) is 1. The summed E-state index contributed by atoms with van der Waals surface area (Å²) in [7, 11) is 0. The largest absolute Gasteiger partial charge is 0.384 e. The van der Waals surface area contributed by atoms with Gasteiger partial charge in [0.2, 0.25) is 5.82 Å². The van der Waals surface area contributed by atoms with E-state index in [4.69, 9.17) is 10.3 Å². The van der Waals surface area contributed by atoms with Crippen LogP contribution < -0.4 is 5.73 Å². The van der Waals surface area contributed by atoms with Crippen LogP contribution in [0.5, 0.6) is 0 Å². The minimum absolute atomic E-state index is 0.0635. The second-order valence-electron chi connectivity index (χ2n) is 5.36. The zero-order valence-electron chi connectivity index (χ0n) is 11.5. The van der Waals surface area contributed by atoms with Crippen molar-refractivity contribution >= 4 is 11.9 Å². The molecule has 0 amide bonds. The second-order valence-corrected chi connectivity index (χ2v) is 5.36. The molecule has 6 nitrogen and oxygen atoms in total. The van der Waals surface area contributed by atoms with Crippen molar-refractivity contribution in [2.45, 2.75) is 27.7 Å². The third-order valence-corrected chi connectivity index (χ3v) is 2.88. The van der Waals surface area contributed by atoms with Crippen LogP contribution in [0.25, 0.3) is 17.6 Å². The number of nitrogen functional groups attached to an aromatic ring is 1. The van der Waals surface area contributed by atoms with Crippen LogP contribution in [0.15, 0.2) is 22.5 Å².